The van der Waals surface area contributed by atoms with E-state index < -0.39 is 16.9 Å². The highest BCUT2D eigenvalue weighted by atomic mass is 35.5. The number of hydrogen-bond donors (Lipinski definition) is 1. The number of nitrogens with zero attached hydrogens (tertiary/aromatic N) is 2. The molecule has 0 fully saturated rings. The molecule has 17 heavy (non-hydrogen) atoms. The number of nitro groups is 1. The first-order chi connectivity index (χ1) is 7.84. The van der Waals surface area contributed by atoms with Crippen molar-refractivity contribution in [2.75, 3.05) is 11.9 Å². The third kappa shape index (κ3) is 2.85. The molecule has 1 rings (SSSR count). The summed E-state index contributed by atoms with van der Waals surface area (Å²) in [4.78, 5) is 22.4. The maximum Gasteiger partial charge on any atom is 0.326 e. The summed E-state index contributed by atoms with van der Waals surface area (Å²) in [6.45, 7) is 1.44. The molecule has 1 N–H and O–H groups in total. The van der Waals surface area contributed by atoms with Crippen LogP contribution in [-0.2, 0) is 4.79 Å². The van der Waals surface area contributed by atoms with E-state index in [4.69, 9.17) is 16.7 Å². The summed E-state index contributed by atoms with van der Waals surface area (Å²) in [6.07, 6.45) is 0. The largest absolute Gasteiger partial charge is 0.480 e. The molecule has 0 aliphatic rings. The summed E-state index contributed by atoms with van der Waals surface area (Å²) in [6, 6.07) is 3.14. The first-order valence-electron chi connectivity index (χ1n) is 4.74. The molecule has 1 atom stereocenters. The van der Waals surface area contributed by atoms with Crippen LogP contribution in [0.2, 0.25) is 5.02 Å². The molecule has 0 aliphatic carbocycles. The van der Waals surface area contributed by atoms with Gasteiger partial charge < -0.3 is 10.0 Å². The highest BCUT2D eigenvalue weighted by Crippen LogP contribution is 2.31. The lowest BCUT2D eigenvalue weighted by atomic mass is 10.2. The minimum atomic E-state index is -1.07. The van der Waals surface area contributed by atoms with Gasteiger partial charge in [0.25, 0.3) is 5.69 Å². The van der Waals surface area contributed by atoms with Gasteiger partial charge in [0.1, 0.15) is 11.7 Å². The van der Waals surface area contributed by atoms with Crippen LogP contribution in [0, 0.1) is 10.1 Å². The Hall–Kier alpha value is -1.82. The van der Waals surface area contributed by atoms with E-state index in [1.165, 1.54) is 37.1 Å². The van der Waals surface area contributed by atoms with Crippen molar-refractivity contribution in [3.63, 3.8) is 0 Å². The molecular weight excluding hydrogens is 248 g/mol. The second kappa shape index (κ2) is 5.01. The van der Waals surface area contributed by atoms with Crippen molar-refractivity contribution in [2.24, 2.45) is 0 Å². The number of hydrogen-bond acceptors (Lipinski definition) is 4. The highest BCUT2D eigenvalue weighted by molar-refractivity contribution is 6.31. The van der Waals surface area contributed by atoms with E-state index >= 15 is 0 Å². The smallest absolute Gasteiger partial charge is 0.326 e. The SMILES string of the molecule is CC(C(=O)O)N(C)c1cc(Cl)ccc1[N+](=O)[O-]. The van der Waals surface area contributed by atoms with Gasteiger partial charge in [0.2, 0.25) is 0 Å². The monoisotopic (exact) mass is 258 g/mol. The number of carboxylic acids is 1. The Bertz CT molecular complexity index is 464. The summed E-state index contributed by atoms with van der Waals surface area (Å²) < 4.78 is 0. The molecule has 0 spiro atoms. The number of carbonyl (C=O) groups is 1. The maximum atomic E-state index is 10.8. The molecule has 0 radical (unpaired) electrons. The third-order valence-corrected chi connectivity index (χ3v) is 2.69. The number of nitro benzene ring substituents is 1. The van der Waals surface area contributed by atoms with E-state index in [1.54, 1.807) is 0 Å². The van der Waals surface area contributed by atoms with Gasteiger partial charge in [-0.25, -0.2) is 4.79 Å². The first kappa shape index (κ1) is 13.2. The van der Waals surface area contributed by atoms with Gasteiger partial charge in [-0.05, 0) is 19.1 Å². The first-order valence-corrected chi connectivity index (χ1v) is 5.12. The molecule has 1 unspecified atom stereocenters. The molecule has 6 nitrogen and oxygen atoms in total. The topological polar surface area (TPSA) is 83.7 Å². The molecule has 0 amide bonds. The van der Waals surface area contributed by atoms with E-state index in [9.17, 15) is 14.9 Å². The van der Waals surface area contributed by atoms with Crippen LogP contribution in [0.1, 0.15) is 6.92 Å². The minimum Gasteiger partial charge on any atom is -0.480 e. The number of rotatable bonds is 4. The number of anilines is 1. The molecule has 0 aromatic heterocycles. The van der Waals surface area contributed by atoms with Gasteiger partial charge in [0.05, 0.1) is 4.92 Å². The van der Waals surface area contributed by atoms with E-state index in [1.807, 2.05) is 0 Å². The lowest BCUT2D eigenvalue weighted by Crippen LogP contribution is -2.36. The predicted molar refractivity (Wildman–Crippen MR) is 63.6 cm³/mol. The van der Waals surface area contributed by atoms with Crippen LogP contribution in [-0.4, -0.2) is 29.1 Å². The fourth-order valence-corrected chi connectivity index (χ4v) is 1.47. The molecule has 0 aliphatic heterocycles. The second-order valence-electron chi connectivity index (χ2n) is 3.52. The van der Waals surface area contributed by atoms with Crippen LogP contribution >= 0.6 is 11.6 Å². The van der Waals surface area contributed by atoms with E-state index in [2.05, 4.69) is 0 Å². The Morgan fingerprint density at radius 1 is 1.59 bits per heavy atom. The Morgan fingerprint density at radius 3 is 2.65 bits per heavy atom. The molecule has 0 saturated heterocycles. The number of halogens is 1. The van der Waals surface area contributed by atoms with E-state index in [0.29, 0.717) is 5.02 Å². The zero-order chi connectivity index (χ0) is 13.2. The normalized spacial score (nSPS) is 11.9. The van der Waals surface area contributed by atoms with Crippen LogP contribution in [0.15, 0.2) is 18.2 Å². The molecular formula is C10H11ClN2O4. The highest BCUT2D eigenvalue weighted by Gasteiger charge is 2.24. The van der Waals surface area contributed by atoms with Gasteiger partial charge in [-0.2, -0.15) is 0 Å². The van der Waals surface area contributed by atoms with Crippen molar-refractivity contribution >= 4 is 28.9 Å². The van der Waals surface area contributed by atoms with Gasteiger partial charge in [0.15, 0.2) is 0 Å². The van der Waals surface area contributed by atoms with Crippen LogP contribution in [0.5, 0.6) is 0 Å². The molecule has 92 valence electrons. The molecule has 0 heterocycles. The summed E-state index contributed by atoms with van der Waals surface area (Å²) in [5, 5.41) is 20.0. The van der Waals surface area contributed by atoms with Crippen molar-refractivity contribution < 1.29 is 14.8 Å². The molecule has 0 saturated carbocycles. The zero-order valence-electron chi connectivity index (χ0n) is 9.25. The number of carboxylic acid groups (broad SMARTS) is 1. The van der Waals surface area contributed by atoms with Gasteiger partial charge in [-0.15, -0.1) is 0 Å². The molecule has 1 aromatic carbocycles. The average Bonchev–Trinajstić information content (AvgIpc) is 2.26. The molecule has 1 aromatic rings. The average molecular weight is 259 g/mol. The Morgan fingerprint density at radius 2 is 2.18 bits per heavy atom. The van der Waals surface area contributed by atoms with Crippen molar-refractivity contribution in [2.45, 2.75) is 13.0 Å². The number of aliphatic carboxylic acids is 1. The quantitative estimate of drug-likeness (QED) is 0.661. The van der Waals surface area contributed by atoms with E-state index in [0.717, 1.165) is 0 Å². The lowest BCUT2D eigenvalue weighted by molar-refractivity contribution is -0.384. The van der Waals surface area contributed by atoms with Gasteiger partial charge in [0, 0.05) is 18.1 Å². The Balaban J connectivity index is 3.23. The van der Waals surface area contributed by atoms with Crippen molar-refractivity contribution in [3.05, 3.63) is 33.3 Å². The van der Waals surface area contributed by atoms with E-state index in [-0.39, 0.29) is 11.4 Å². The Kier molecular flexibility index (Phi) is 3.90. The molecule has 7 heteroatoms. The van der Waals surface area contributed by atoms with Crippen LogP contribution in [0.4, 0.5) is 11.4 Å². The molecule has 0 bridgehead atoms. The maximum absolute atomic E-state index is 10.8. The fraction of sp³-hybridized carbons (Fsp3) is 0.300. The van der Waals surface area contributed by atoms with Gasteiger partial charge >= 0.3 is 5.97 Å². The number of benzene rings is 1. The van der Waals surface area contributed by atoms with Crippen LogP contribution in [0.3, 0.4) is 0 Å². The predicted octanol–water partition coefficient (Wildman–Crippen LogP) is 2.16. The summed E-state index contributed by atoms with van der Waals surface area (Å²) in [7, 11) is 1.47. The Labute approximate surface area is 103 Å². The fourth-order valence-electron chi connectivity index (χ4n) is 1.31. The third-order valence-electron chi connectivity index (χ3n) is 2.45. The van der Waals surface area contributed by atoms with Crippen molar-refractivity contribution in [1.82, 2.24) is 0 Å². The van der Waals surface area contributed by atoms with Crippen molar-refractivity contribution in [3.8, 4) is 0 Å². The summed E-state index contributed by atoms with van der Waals surface area (Å²) >= 11 is 5.75. The zero-order valence-corrected chi connectivity index (χ0v) is 10.0. The van der Waals surface area contributed by atoms with Crippen molar-refractivity contribution in [1.29, 1.82) is 0 Å². The van der Waals surface area contributed by atoms with Crippen LogP contribution in [0.25, 0.3) is 0 Å². The summed E-state index contributed by atoms with van der Waals surface area (Å²) in [5.74, 6) is -1.07. The van der Waals surface area contributed by atoms with Gasteiger partial charge in [-0.3, -0.25) is 10.1 Å². The lowest BCUT2D eigenvalue weighted by Gasteiger charge is -2.23. The van der Waals surface area contributed by atoms with Gasteiger partial charge in [-0.1, -0.05) is 11.6 Å². The second-order valence-corrected chi connectivity index (χ2v) is 3.95. The number of likely N-dealkylation sites (N-methyl/N-ethyl adjacent to an activating group) is 1. The summed E-state index contributed by atoms with van der Waals surface area (Å²) in [5.41, 5.74) is 0.00222. The minimum absolute atomic E-state index is 0.176. The van der Waals surface area contributed by atoms with Crippen LogP contribution < -0.4 is 4.90 Å². The standard InChI is InChI=1S/C10H11ClN2O4/c1-6(10(14)15)12(2)9-5-7(11)3-4-8(9)13(16)17/h3-6H,1-2H3,(H,14,15).